The molecule has 0 radical (unpaired) electrons. The molecule has 0 bridgehead atoms. The standard InChI is InChI=1S/C20H17F3N4O/c1-12(28)26-8-9-27-17(11-26)18(14-6-7-24-16(10-14)20(22)23)19(25-27)13-2-4-15(21)5-3-13/h2-7,10,20H,8-9,11H2,1H3. The van der Waals surface area contributed by atoms with Crippen LogP contribution in [0.5, 0.6) is 0 Å². The molecule has 0 N–H and O–H groups in total. The Balaban J connectivity index is 1.91. The Labute approximate surface area is 159 Å². The van der Waals surface area contributed by atoms with Crippen LogP contribution in [0.3, 0.4) is 0 Å². The van der Waals surface area contributed by atoms with Gasteiger partial charge in [-0.05, 0) is 42.0 Å². The minimum atomic E-state index is -2.70. The van der Waals surface area contributed by atoms with Crippen molar-refractivity contribution < 1.29 is 18.0 Å². The van der Waals surface area contributed by atoms with Crippen molar-refractivity contribution in [3.63, 3.8) is 0 Å². The van der Waals surface area contributed by atoms with Gasteiger partial charge in [-0.25, -0.2) is 13.2 Å². The number of rotatable bonds is 3. The third kappa shape index (κ3) is 3.26. The number of carbonyl (C=O) groups is 1. The van der Waals surface area contributed by atoms with E-state index < -0.39 is 6.43 Å². The fourth-order valence-electron chi connectivity index (χ4n) is 3.42. The van der Waals surface area contributed by atoms with E-state index in [2.05, 4.69) is 10.1 Å². The summed E-state index contributed by atoms with van der Waals surface area (Å²) in [4.78, 5) is 17.3. The number of halogens is 3. The highest BCUT2D eigenvalue weighted by Gasteiger charge is 2.27. The Kier molecular flexibility index (Phi) is 4.62. The highest BCUT2D eigenvalue weighted by atomic mass is 19.3. The largest absolute Gasteiger partial charge is 0.335 e. The Morgan fingerprint density at radius 3 is 2.54 bits per heavy atom. The second kappa shape index (κ2) is 7.10. The number of alkyl halides is 2. The van der Waals surface area contributed by atoms with E-state index in [-0.39, 0.29) is 17.4 Å². The molecule has 4 rings (SSSR count). The molecule has 3 aromatic rings. The van der Waals surface area contributed by atoms with Crippen LogP contribution in [-0.2, 0) is 17.9 Å². The zero-order valence-electron chi connectivity index (χ0n) is 15.1. The van der Waals surface area contributed by atoms with Gasteiger partial charge in [-0.2, -0.15) is 5.10 Å². The van der Waals surface area contributed by atoms with E-state index in [4.69, 9.17) is 0 Å². The minimum absolute atomic E-state index is 0.0651. The molecule has 0 fully saturated rings. The van der Waals surface area contributed by atoms with Gasteiger partial charge in [-0.1, -0.05) is 0 Å². The maximum Gasteiger partial charge on any atom is 0.280 e. The average molecular weight is 386 g/mol. The van der Waals surface area contributed by atoms with E-state index in [1.165, 1.54) is 31.3 Å². The first-order chi connectivity index (χ1) is 13.4. The number of hydrogen-bond acceptors (Lipinski definition) is 3. The topological polar surface area (TPSA) is 51.0 Å². The summed E-state index contributed by atoms with van der Waals surface area (Å²) in [6.07, 6.45) is -1.37. The third-order valence-corrected chi connectivity index (χ3v) is 4.84. The third-order valence-electron chi connectivity index (χ3n) is 4.84. The molecule has 0 aliphatic carbocycles. The molecule has 0 spiro atoms. The van der Waals surface area contributed by atoms with Crippen LogP contribution in [0.2, 0.25) is 0 Å². The predicted molar refractivity (Wildman–Crippen MR) is 96.9 cm³/mol. The lowest BCUT2D eigenvalue weighted by Gasteiger charge is -2.27. The maximum atomic E-state index is 13.4. The molecule has 1 aliphatic rings. The Morgan fingerprint density at radius 2 is 1.86 bits per heavy atom. The molecule has 8 heteroatoms. The van der Waals surface area contributed by atoms with Crippen LogP contribution in [0.1, 0.15) is 24.7 Å². The van der Waals surface area contributed by atoms with E-state index in [0.717, 1.165) is 5.69 Å². The summed E-state index contributed by atoms with van der Waals surface area (Å²) in [5.41, 5.74) is 2.85. The fraction of sp³-hybridized carbons (Fsp3) is 0.250. The number of benzene rings is 1. The zero-order chi connectivity index (χ0) is 19.8. The average Bonchev–Trinajstić information content (AvgIpc) is 3.07. The number of aromatic nitrogens is 3. The van der Waals surface area contributed by atoms with Crippen LogP contribution in [0.25, 0.3) is 22.4 Å². The van der Waals surface area contributed by atoms with Crippen molar-refractivity contribution in [3.8, 4) is 22.4 Å². The van der Waals surface area contributed by atoms with Gasteiger partial charge in [0, 0.05) is 30.8 Å². The summed E-state index contributed by atoms with van der Waals surface area (Å²) in [6, 6.07) is 8.84. The van der Waals surface area contributed by atoms with Gasteiger partial charge in [0.05, 0.1) is 18.8 Å². The number of nitrogens with zero attached hydrogens (tertiary/aromatic N) is 4. The van der Waals surface area contributed by atoms with Crippen LogP contribution in [0, 0.1) is 5.82 Å². The monoisotopic (exact) mass is 386 g/mol. The van der Waals surface area contributed by atoms with E-state index in [0.29, 0.717) is 42.0 Å². The van der Waals surface area contributed by atoms with Crippen molar-refractivity contribution in [2.45, 2.75) is 26.4 Å². The van der Waals surface area contributed by atoms with Crippen molar-refractivity contribution >= 4 is 5.91 Å². The summed E-state index contributed by atoms with van der Waals surface area (Å²) >= 11 is 0. The lowest BCUT2D eigenvalue weighted by molar-refractivity contribution is -0.130. The molecule has 1 aliphatic heterocycles. The molecule has 0 saturated carbocycles. The maximum absolute atomic E-state index is 13.4. The summed E-state index contributed by atoms with van der Waals surface area (Å²) in [7, 11) is 0. The van der Waals surface area contributed by atoms with Crippen LogP contribution < -0.4 is 0 Å². The SMILES string of the molecule is CC(=O)N1CCn2nc(-c3ccc(F)cc3)c(-c3ccnc(C(F)F)c3)c2C1. The fourth-order valence-corrected chi connectivity index (χ4v) is 3.42. The molecule has 0 atom stereocenters. The van der Waals surface area contributed by atoms with E-state index in [1.54, 1.807) is 27.8 Å². The van der Waals surface area contributed by atoms with Crippen LogP contribution in [0.15, 0.2) is 42.6 Å². The van der Waals surface area contributed by atoms with Crippen molar-refractivity contribution in [3.05, 3.63) is 59.8 Å². The highest BCUT2D eigenvalue weighted by molar-refractivity contribution is 5.83. The van der Waals surface area contributed by atoms with Gasteiger partial charge in [0.2, 0.25) is 5.91 Å². The number of pyridine rings is 1. The molecule has 1 amide bonds. The first-order valence-electron chi connectivity index (χ1n) is 8.79. The zero-order valence-corrected chi connectivity index (χ0v) is 15.1. The van der Waals surface area contributed by atoms with E-state index in [9.17, 15) is 18.0 Å². The smallest absolute Gasteiger partial charge is 0.280 e. The van der Waals surface area contributed by atoms with Gasteiger partial charge in [0.25, 0.3) is 6.43 Å². The normalized spacial score (nSPS) is 13.7. The first-order valence-corrected chi connectivity index (χ1v) is 8.79. The highest BCUT2D eigenvalue weighted by Crippen LogP contribution is 2.37. The lowest BCUT2D eigenvalue weighted by atomic mass is 9.98. The Morgan fingerprint density at radius 1 is 1.11 bits per heavy atom. The second-order valence-electron chi connectivity index (χ2n) is 6.61. The van der Waals surface area contributed by atoms with Gasteiger partial charge in [-0.15, -0.1) is 0 Å². The summed E-state index contributed by atoms with van der Waals surface area (Å²) < 4.78 is 41.5. The molecule has 1 aromatic carbocycles. The number of amides is 1. The quantitative estimate of drug-likeness (QED) is 0.682. The number of fused-ring (bicyclic) bond motifs is 1. The minimum Gasteiger partial charge on any atom is -0.335 e. The predicted octanol–water partition coefficient (Wildman–Crippen LogP) is 4.05. The van der Waals surface area contributed by atoms with Gasteiger partial charge in [-0.3, -0.25) is 14.5 Å². The number of hydrogen-bond donors (Lipinski definition) is 0. The summed E-state index contributed by atoms with van der Waals surface area (Å²) in [5, 5.41) is 4.64. The van der Waals surface area contributed by atoms with Crippen LogP contribution in [0.4, 0.5) is 13.2 Å². The van der Waals surface area contributed by atoms with Gasteiger partial charge >= 0.3 is 0 Å². The number of carbonyl (C=O) groups excluding carboxylic acids is 1. The van der Waals surface area contributed by atoms with E-state index >= 15 is 0 Å². The molecule has 5 nitrogen and oxygen atoms in total. The molecule has 0 unspecified atom stereocenters. The van der Waals surface area contributed by atoms with Gasteiger partial charge < -0.3 is 4.90 Å². The van der Waals surface area contributed by atoms with Crippen LogP contribution >= 0.6 is 0 Å². The van der Waals surface area contributed by atoms with Gasteiger partial charge in [0.15, 0.2) is 0 Å². The molecule has 2 aromatic heterocycles. The van der Waals surface area contributed by atoms with Crippen molar-refractivity contribution in [2.75, 3.05) is 6.54 Å². The Hall–Kier alpha value is -3.16. The summed E-state index contributed by atoms with van der Waals surface area (Å²) in [5.74, 6) is -0.439. The van der Waals surface area contributed by atoms with E-state index in [1.807, 2.05) is 0 Å². The lowest BCUT2D eigenvalue weighted by Crippen LogP contribution is -2.37. The second-order valence-corrected chi connectivity index (χ2v) is 6.61. The molecular weight excluding hydrogens is 369 g/mol. The van der Waals surface area contributed by atoms with Crippen LogP contribution in [-0.4, -0.2) is 32.1 Å². The van der Waals surface area contributed by atoms with Crippen molar-refractivity contribution in [2.24, 2.45) is 0 Å². The molecule has 3 heterocycles. The Bertz CT molecular complexity index is 1030. The molecule has 28 heavy (non-hydrogen) atoms. The first kappa shape index (κ1) is 18.2. The van der Waals surface area contributed by atoms with Gasteiger partial charge in [0.1, 0.15) is 17.2 Å². The summed E-state index contributed by atoms with van der Waals surface area (Å²) in [6.45, 7) is 2.83. The van der Waals surface area contributed by atoms with Crippen molar-refractivity contribution in [1.82, 2.24) is 19.7 Å². The molecule has 144 valence electrons. The molecule has 0 saturated heterocycles. The van der Waals surface area contributed by atoms with Crippen molar-refractivity contribution in [1.29, 1.82) is 0 Å². The molecular formula is C20H17F3N4O.